The molecule has 0 saturated carbocycles. The molecule has 1 aliphatic rings. The van der Waals surface area contributed by atoms with Gasteiger partial charge in [0.15, 0.2) is 6.29 Å². The third kappa shape index (κ3) is 2.29. The lowest BCUT2D eigenvalue weighted by Crippen LogP contribution is -1.99. The van der Waals surface area contributed by atoms with Crippen LogP contribution < -0.4 is 0 Å². The highest BCUT2D eigenvalue weighted by atomic mass is 32.1. The number of benzene rings is 1. The third-order valence-electron chi connectivity index (χ3n) is 2.25. The van der Waals surface area contributed by atoms with Gasteiger partial charge in [-0.25, -0.2) is 0 Å². The molecule has 2 nitrogen and oxygen atoms in total. The maximum atomic E-state index is 5.43. The van der Waals surface area contributed by atoms with Crippen LogP contribution in [0.1, 0.15) is 17.4 Å². The zero-order valence-electron chi connectivity index (χ0n) is 7.98. The summed E-state index contributed by atoms with van der Waals surface area (Å²) in [6.07, 6.45) is 0.832. The van der Waals surface area contributed by atoms with Crippen molar-refractivity contribution in [2.45, 2.75) is 12.7 Å². The molecule has 0 atom stereocenters. The molecule has 14 heavy (non-hydrogen) atoms. The van der Waals surface area contributed by atoms with Gasteiger partial charge in [-0.15, -0.1) is 0 Å². The fourth-order valence-electron chi connectivity index (χ4n) is 1.58. The predicted molar refractivity (Wildman–Crippen MR) is 58.6 cm³/mol. The van der Waals surface area contributed by atoms with Crippen LogP contribution in [0.4, 0.5) is 0 Å². The Morgan fingerprint density at radius 3 is 2.79 bits per heavy atom. The highest BCUT2D eigenvalue weighted by Crippen LogP contribution is 2.23. The lowest BCUT2D eigenvalue weighted by Gasteiger charge is -2.10. The van der Waals surface area contributed by atoms with E-state index in [0.717, 1.165) is 17.7 Å². The van der Waals surface area contributed by atoms with E-state index in [1.807, 2.05) is 12.1 Å². The normalized spacial score (nSPS) is 17.5. The Hall–Kier alpha value is -0.510. The summed E-state index contributed by atoms with van der Waals surface area (Å²) >= 11 is 4.21. The second kappa shape index (κ2) is 4.82. The fourth-order valence-corrected chi connectivity index (χ4v) is 1.83. The van der Waals surface area contributed by atoms with Gasteiger partial charge in [-0.2, -0.15) is 12.6 Å². The van der Waals surface area contributed by atoms with Crippen molar-refractivity contribution in [2.24, 2.45) is 0 Å². The van der Waals surface area contributed by atoms with Gasteiger partial charge < -0.3 is 9.47 Å². The van der Waals surface area contributed by atoms with Crippen LogP contribution in [0.15, 0.2) is 24.3 Å². The average Bonchev–Trinajstić information content (AvgIpc) is 2.71. The summed E-state index contributed by atoms with van der Waals surface area (Å²) in [5, 5.41) is 0. The van der Waals surface area contributed by atoms with Crippen LogP contribution in [0.2, 0.25) is 0 Å². The van der Waals surface area contributed by atoms with Crippen LogP contribution in [-0.4, -0.2) is 19.0 Å². The zero-order valence-corrected chi connectivity index (χ0v) is 8.87. The number of rotatable bonds is 3. The maximum Gasteiger partial charge on any atom is 0.184 e. The smallest absolute Gasteiger partial charge is 0.184 e. The minimum atomic E-state index is -0.158. The first-order chi connectivity index (χ1) is 6.90. The van der Waals surface area contributed by atoms with Gasteiger partial charge in [0.1, 0.15) is 0 Å². The first-order valence-corrected chi connectivity index (χ1v) is 5.46. The van der Waals surface area contributed by atoms with E-state index in [-0.39, 0.29) is 6.29 Å². The lowest BCUT2D eigenvalue weighted by atomic mass is 10.1. The topological polar surface area (TPSA) is 18.5 Å². The van der Waals surface area contributed by atoms with Crippen LogP contribution in [0, 0.1) is 0 Å². The average molecular weight is 210 g/mol. The van der Waals surface area contributed by atoms with Crippen molar-refractivity contribution in [1.82, 2.24) is 0 Å². The number of hydrogen-bond donors (Lipinski definition) is 1. The van der Waals surface area contributed by atoms with Gasteiger partial charge in [0.25, 0.3) is 0 Å². The van der Waals surface area contributed by atoms with Crippen molar-refractivity contribution in [2.75, 3.05) is 19.0 Å². The molecule has 1 fully saturated rings. The van der Waals surface area contributed by atoms with Crippen molar-refractivity contribution in [3.63, 3.8) is 0 Å². The molecular formula is C11H14O2S. The van der Waals surface area contributed by atoms with Gasteiger partial charge in [-0.3, -0.25) is 0 Å². The molecule has 0 amide bonds. The van der Waals surface area contributed by atoms with Crippen molar-refractivity contribution in [1.29, 1.82) is 0 Å². The minimum absolute atomic E-state index is 0.158. The molecule has 2 rings (SSSR count). The second-order valence-electron chi connectivity index (χ2n) is 3.29. The number of ether oxygens (including phenoxy) is 2. The van der Waals surface area contributed by atoms with E-state index in [4.69, 9.17) is 9.47 Å². The summed E-state index contributed by atoms with van der Waals surface area (Å²) in [7, 11) is 0. The standard InChI is InChI=1S/C11H14O2S/c14-7-4-9-2-1-3-10(8-9)11-12-5-6-13-11/h1-3,8,11,14H,4-7H2. The molecule has 1 heterocycles. The Bertz CT molecular complexity index is 295. The first-order valence-electron chi connectivity index (χ1n) is 4.83. The van der Waals surface area contributed by atoms with Crippen molar-refractivity contribution < 1.29 is 9.47 Å². The Kier molecular flexibility index (Phi) is 3.45. The minimum Gasteiger partial charge on any atom is -0.346 e. The largest absolute Gasteiger partial charge is 0.346 e. The molecule has 0 unspecified atom stereocenters. The Labute approximate surface area is 89.6 Å². The van der Waals surface area contributed by atoms with Crippen molar-refractivity contribution >= 4 is 12.6 Å². The number of aryl methyl sites for hydroxylation is 1. The van der Waals surface area contributed by atoms with E-state index in [9.17, 15) is 0 Å². The van der Waals surface area contributed by atoms with E-state index in [1.165, 1.54) is 5.56 Å². The van der Waals surface area contributed by atoms with Gasteiger partial charge in [0.2, 0.25) is 0 Å². The Morgan fingerprint density at radius 1 is 1.29 bits per heavy atom. The summed E-state index contributed by atoms with van der Waals surface area (Å²) in [6.45, 7) is 1.39. The zero-order chi connectivity index (χ0) is 9.80. The molecule has 1 aliphatic heterocycles. The van der Waals surface area contributed by atoms with Gasteiger partial charge >= 0.3 is 0 Å². The fraction of sp³-hybridized carbons (Fsp3) is 0.455. The van der Waals surface area contributed by atoms with Crippen LogP contribution >= 0.6 is 12.6 Å². The Balaban J connectivity index is 2.12. The van der Waals surface area contributed by atoms with Crippen LogP contribution in [0.3, 0.4) is 0 Å². The van der Waals surface area contributed by atoms with Gasteiger partial charge in [-0.05, 0) is 17.7 Å². The van der Waals surface area contributed by atoms with E-state index in [2.05, 4.69) is 24.8 Å². The molecule has 0 aromatic heterocycles. The monoisotopic (exact) mass is 210 g/mol. The Morgan fingerprint density at radius 2 is 2.07 bits per heavy atom. The van der Waals surface area contributed by atoms with E-state index < -0.39 is 0 Å². The highest BCUT2D eigenvalue weighted by Gasteiger charge is 2.17. The van der Waals surface area contributed by atoms with Crippen LogP contribution in [0.5, 0.6) is 0 Å². The van der Waals surface area contributed by atoms with E-state index in [1.54, 1.807) is 0 Å². The number of thiol groups is 1. The van der Waals surface area contributed by atoms with Crippen LogP contribution in [0.25, 0.3) is 0 Å². The molecular weight excluding hydrogens is 196 g/mol. The molecule has 1 saturated heterocycles. The molecule has 0 aliphatic carbocycles. The molecule has 0 N–H and O–H groups in total. The second-order valence-corrected chi connectivity index (χ2v) is 3.74. The predicted octanol–water partition coefficient (Wildman–Crippen LogP) is 2.20. The van der Waals surface area contributed by atoms with Gasteiger partial charge in [0, 0.05) is 5.56 Å². The maximum absolute atomic E-state index is 5.43. The summed E-state index contributed by atoms with van der Waals surface area (Å²) < 4.78 is 10.9. The molecule has 76 valence electrons. The van der Waals surface area contributed by atoms with Gasteiger partial charge in [-0.1, -0.05) is 24.3 Å². The molecule has 0 bridgehead atoms. The van der Waals surface area contributed by atoms with E-state index in [0.29, 0.717) is 13.2 Å². The van der Waals surface area contributed by atoms with Crippen LogP contribution in [-0.2, 0) is 15.9 Å². The molecule has 1 aromatic rings. The summed E-state index contributed by atoms with van der Waals surface area (Å²) in [4.78, 5) is 0. The molecule has 0 radical (unpaired) electrons. The highest BCUT2D eigenvalue weighted by molar-refractivity contribution is 7.80. The molecule has 3 heteroatoms. The van der Waals surface area contributed by atoms with Gasteiger partial charge in [0.05, 0.1) is 13.2 Å². The van der Waals surface area contributed by atoms with Crippen molar-refractivity contribution in [3.05, 3.63) is 35.4 Å². The summed E-state index contributed by atoms with van der Waals surface area (Å²) in [5.41, 5.74) is 2.40. The van der Waals surface area contributed by atoms with E-state index >= 15 is 0 Å². The summed E-state index contributed by atoms with van der Waals surface area (Å²) in [5.74, 6) is 0.871. The van der Waals surface area contributed by atoms with Crippen molar-refractivity contribution in [3.8, 4) is 0 Å². The first kappa shape index (κ1) is 10.0. The number of hydrogen-bond acceptors (Lipinski definition) is 3. The quantitative estimate of drug-likeness (QED) is 0.771. The SMILES string of the molecule is SCCc1cccc(C2OCCO2)c1. The third-order valence-corrected chi connectivity index (χ3v) is 2.47. The summed E-state index contributed by atoms with van der Waals surface area (Å²) in [6, 6.07) is 8.32. The lowest BCUT2D eigenvalue weighted by molar-refractivity contribution is -0.0441. The molecule has 1 aromatic carbocycles. The molecule has 0 spiro atoms.